The lowest BCUT2D eigenvalue weighted by Crippen LogP contribution is -2.18. The van der Waals surface area contributed by atoms with E-state index in [1.54, 1.807) is 12.6 Å². The second-order valence-corrected chi connectivity index (χ2v) is 9.50. The van der Waals surface area contributed by atoms with Gasteiger partial charge in [-0.25, -0.2) is 0 Å². The van der Waals surface area contributed by atoms with E-state index < -0.39 is 0 Å². The molecule has 0 spiro atoms. The Labute approximate surface area is 212 Å². The van der Waals surface area contributed by atoms with Crippen molar-refractivity contribution in [1.29, 1.82) is 0 Å². The maximum atomic E-state index is 11.2. The molecule has 1 aromatic carbocycles. The van der Waals surface area contributed by atoms with Crippen LogP contribution in [0.15, 0.2) is 54.6 Å². The van der Waals surface area contributed by atoms with E-state index in [4.69, 9.17) is 5.11 Å². The normalized spacial score (nSPS) is 13.5. The zero-order chi connectivity index (χ0) is 26.2. The number of nitrogens with one attached hydrogen (secondary N) is 1. The van der Waals surface area contributed by atoms with Gasteiger partial charge in [0.1, 0.15) is 5.78 Å². The van der Waals surface area contributed by atoms with E-state index in [0.717, 1.165) is 25.4 Å². The highest BCUT2D eigenvalue weighted by atomic mass is 16.2. The molecule has 1 unspecified atom stereocenters. The van der Waals surface area contributed by atoms with Crippen LogP contribution in [-0.2, 0) is 11.2 Å². The van der Waals surface area contributed by atoms with Crippen molar-refractivity contribution in [3.8, 4) is 0 Å². The summed E-state index contributed by atoms with van der Waals surface area (Å²) in [5.74, 6) is 2.67. The molecule has 1 aromatic rings. The fourth-order valence-electron chi connectivity index (χ4n) is 4.06. The summed E-state index contributed by atoms with van der Waals surface area (Å²) in [7, 11) is 2.79. The predicted molar refractivity (Wildman–Crippen MR) is 151 cm³/mol. The number of likely N-dealkylation sites (N-methyl/N-ethyl adjacent to an activating group) is 1. The van der Waals surface area contributed by atoms with Crippen LogP contribution in [-0.4, -0.2) is 31.6 Å². The minimum absolute atomic E-state index is 0.270. The fourth-order valence-corrected chi connectivity index (χ4v) is 4.06. The molecule has 0 aliphatic heterocycles. The summed E-state index contributed by atoms with van der Waals surface area (Å²) >= 11 is 0. The van der Waals surface area contributed by atoms with Crippen LogP contribution in [0.5, 0.6) is 0 Å². The smallest absolute Gasteiger partial charge is 0.146 e. The first-order valence-corrected chi connectivity index (χ1v) is 13.3. The highest BCUT2D eigenvalue weighted by molar-refractivity contribution is 5.80. The Bertz CT molecular complexity index is 624. The zero-order valence-corrected chi connectivity index (χ0v) is 23.4. The summed E-state index contributed by atoms with van der Waals surface area (Å²) in [4.78, 5) is 11.2. The molecule has 0 aliphatic rings. The number of aryl methyl sites for hydroxylation is 1. The summed E-state index contributed by atoms with van der Waals surface area (Å²) in [6, 6.07) is 10.1. The number of carbonyl (C=O) groups is 1. The van der Waals surface area contributed by atoms with Gasteiger partial charge in [-0.15, -0.1) is 6.58 Å². The Kier molecular flexibility index (Phi) is 24.7. The molecule has 0 saturated carbocycles. The van der Waals surface area contributed by atoms with Crippen molar-refractivity contribution >= 4 is 5.78 Å². The average molecular weight is 474 g/mol. The molecule has 34 heavy (non-hydrogen) atoms. The van der Waals surface area contributed by atoms with E-state index in [1.165, 1.54) is 50.5 Å². The SMILES string of the molecule is C=C[C@@H](C)C[C@H](CC)CC(C)CC/C=C(\C)CCC.CNCC(=O)CCc1ccccc1.CO. The van der Waals surface area contributed by atoms with Crippen LogP contribution < -0.4 is 5.32 Å². The quantitative estimate of drug-likeness (QED) is 0.241. The molecular weight excluding hydrogens is 418 g/mol. The van der Waals surface area contributed by atoms with Crippen molar-refractivity contribution < 1.29 is 9.90 Å². The van der Waals surface area contributed by atoms with E-state index in [-0.39, 0.29) is 5.78 Å². The average Bonchev–Trinajstić information content (AvgIpc) is 2.85. The third-order valence-corrected chi connectivity index (χ3v) is 6.13. The molecule has 0 radical (unpaired) electrons. The summed E-state index contributed by atoms with van der Waals surface area (Å²) in [5, 5.41) is 9.85. The molecule has 0 aromatic heterocycles. The Morgan fingerprint density at radius 1 is 1.09 bits per heavy atom. The first kappa shape index (κ1) is 34.5. The molecule has 0 saturated heterocycles. The number of Topliss-reactive ketones (excluding diaryl/α,β-unsaturated/α-hetero) is 1. The summed E-state index contributed by atoms with van der Waals surface area (Å²) < 4.78 is 0. The third-order valence-electron chi connectivity index (χ3n) is 6.13. The van der Waals surface area contributed by atoms with E-state index in [0.29, 0.717) is 18.9 Å². The second kappa shape index (κ2) is 24.4. The summed E-state index contributed by atoms with van der Waals surface area (Å²) in [6.07, 6.45) is 15.2. The number of carbonyl (C=O) groups excluding carboxylic acids is 1. The van der Waals surface area contributed by atoms with Crippen LogP contribution in [0.4, 0.5) is 0 Å². The van der Waals surface area contributed by atoms with Crippen molar-refractivity contribution in [2.75, 3.05) is 20.7 Å². The topological polar surface area (TPSA) is 49.3 Å². The minimum Gasteiger partial charge on any atom is -0.400 e. The second-order valence-electron chi connectivity index (χ2n) is 9.50. The van der Waals surface area contributed by atoms with Crippen LogP contribution in [0.25, 0.3) is 0 Å². The number of hydrogen-bond donors (Lipinski definition) is 2. The molecule has 2 N–H and O–H groups in total. The highest BCUT2D eigenvalue weighted by Crippen LogP contribution is 2.26. The van der Waals surface area contributed by atoms with Gasteiger partial charge in [-0.05, 0) is 75.8 Å². The van der Waals surface area contributed by atoms with E-state index in [9.17, 15) is 4.79 Å². The Balaban J connectivity index is 0. The predicted octanol–water partition coefficient (Wildman–Crippen LogP) is 7.79. The van der Waals surface area contributed by atoms with Gasteiger partial charge in [0.2, 0.25) is 0 Å². The number of rotatable bonds is 16. The van der Waals surface area contributed by atoms with Crippen LogP contribution in [0.3, 0.4) is 0 Å². The third kappa shape index (κ3) is 20.9. The number of hydrogen-bond acceptors (Lipinski definition) is 3. The maximum absolute atomic E-state index is 11.2. The lowest BCUT2D eigenvalue weighted by Gasteiger charge is -2.21. The number of aliphatic hydroxyl groups is 1. The van der Waals surface area contributed by atoms with Crippen molar-refractivity contribution in [2.24, 2.45) is 17.8 Å². The van der Waals surface area contributed by atoms with Gasteiger partial charge < -0.3 is 10.4 Å². The minimum atomic E-state index is 0.270. The molecule has 3 nitrogen and oxygen atoms in total. The van der Waals surface area contributed by atoms with Gasteiger partial charge in [0.15, 0.2) is 0 Å². The standard InChI is InChI=1S/C19H36.C11H15NO.CH4O/c1-7-11-17(5)12-10-13-18(6)15-19(9-3)14-16(4)8-2;1-12-9-11(13)8-7-10-5-3-2-4-6-10;1-2/h8,12,16,18-19H,2,7,9-11,13-15H2,1,3-6H3;2-6,12H,7-9H2,1H3;2H,1H3/b17-12+;;/t16-,18?,19+;;/m1../s1. The molecule has 1 rings (SSSR count). The largest absolute Gasteiger partial charge is 0.400 e. The first-order valence-electron chi connectivity index (χ1n) is 13.3. The monoisotopic (exact) mass is 473 g/mol. The summed E-state index contributed by atoms with van der Waals surface area (Å²) in [6.45, 7) is 16.0. The molecule has 0 fully saturated rings. The Morgan fingerprint density at radius 3 is 2.26 bits per heavy atom. The fraction of sp³-hybridized carbons (Fsp3) is 0.645. The Hall–Kier alpha value is -1.71. The van der Waals surface area contributed by atoms with Crippen LogP contribution in [0.2, 0.25) is 0 Å². The van der Waals surface area contributed by atoms with Crippen molar-refractivity contribution in [1.82, 2.24) is 5.32 Å². The number of allylic oxidation sites excluding steroid dienone is 3. The van der Waals surface area contributed by atoms with Crippen LogP contribution >= 0.6 is 0 Å². The lowest BCUT2D eigenvalue weighted by molar-refractivity contribution is -0.118. The van der Waals surface area contributed by atoms with Gasteiger partial charge in [0, 0.05) is 13.5 Å². The molecule has 0 amide bonds. The lowest BCUT2D eigenvalue weighted by atomic mass is 9.85. The van der Waals surface area contributed by atoms with Gasteiger partial charge in [-0.2, -0.15) is 0 Å². The van der Waals surface area contributed by atoms with Crippen molar-refractivity contribution in [3.63, 3.8) is 0 Å². The van der Waals surface area contributed by atoms with Gasteiger partial charge in [0.05, 0.1) is 6.54 Å². The number of ketones is 1. The van der Waals surface area contributed by atoms with E-state index in [2.05, 4.69) is 58.7 Å². The first-order chi connectivity index (χ1) is 16.4. The van der Waals surface area contributed by atoms with E-state index >= 15 is 0 Å². The molecule has 3 heteroatoms. The summed E-state index contributed by atoms with van der Waals surface area (Å²) in [5.41, 5.74) is 2.80. The van der Waals surface area contributed by atoms with Gasteiger partial charge in [0.25, 0.3) is 0 Å². The molecular formula is C31H55NO2. The van der Waals surface area contributed by atoms with Gasteiger partial charge >= 0.3 is 0 Å². The highest BCUT2D eigenvalue weighted by Gasteiger charge is 2.13. The molecule has 3 atom stereocenters. The van der Waals surface area contributed by atoms with Crippen molar-refractivity contribution in [3.05, 3.63) is 60.2 Å². The Morgan fingerprint density at radius 2 is 1.74 bits per heavy atom. The molecule has 0 bridgehead atoms. The zero-order valence-electron chi connectivity index (χ0n) is 23.4. The van der Waals surface area contributed by atoms with Crippen LogP contribution in [0.1, 0.15) is 91.5 Å². The molecule has 196 valence electrons. The molecule has 0 heterocycles. The van der Waals surface area contributed by atoms with Gasteiger partial charge in [-0.1, -0.05) is 88.6 Å². The van der Waals surface area contributed by atoms with Gasteiger partial charge in [-0.3, -0.25) is 4.79 Å². The van der Waals surface area contributed by atoms with Crippen LogP contribution in [0, 0.1) is 17.8 Å². The maximum Gasteiger partial charge on any atom is 0.146 e. The number of benzene rings is 1. The van der Waals surface area contributed by atoms with E-state index in [1.807, 2.05) is 30.3 Å². The van der Waals surface area contributed by atoms with Crippen molar-refractivity contribution in [2.45, 2.75) is 92.4 Å². The molecule has 0 aliphatic carbocycles. The number of aliphatic hydroxyl groups excluding tert-OH is 1.